The van der Waals surface area contributed by atoms with Crippen LogP contribution in [0, 0.1) is 12.8 Å². The van der Waals surface area contributed by atoms with Crippen LogP contribution in [0.25, 0.3) is 0 Å². The van der Waals surface area contributed by atoms with E-state index >= 15 is 0 Å². The maximum atomic E-state index is 12.7. The third-order valence-corrected chi connectivity index (χ3v) is 4.24. The molecule has 1 aliphatic heterocycles. The second-order valence-corrected chi connectivity index (χ2v) is 6.23. The Morgan fingerprint density at radius 2 is 1.76 bits per heavy atom. The number of barbiturate groups is 1. The number of benzene rings is 2. The SMILES string of the molecule is COc1ccc(N2C(=O)NC(=O)[C@H](/C=N\NC(=O)c3ccc(C)cc3)C2=O)cc1. The van der Waals surface area contributed by atoms with Crippen molar-refractivity contribution < 1.29 is 23.9 Å². The van der Waals surface area contributed by atoms with Gasteiger partial charge in [-0.05, 0) is 43.3 Å². The highest BCUT2D eigenvalue weighted by Gasteiger charge is 2.40. The van der Waals surface area contributed by atoms with Gasteiger partial charge in [0, 0.05) is 11.8 Å². The molecule has 9 heteroatoms. The Kier molecular flexibility index (Phi) is 5.68. The lowest BCUT2D eigenvalue weighted by atomic mass is 10.1. The summed E-state index contributed by atoms with van der Waals surface area (Å²) >= 11 is 0. The maximum absolute atomic E-state index is 12.7. The maximum Gasteiger partial charge on any atom is 0.335 e. The molecule has 148 valence electrons. The third kappa shape index (κ3) is 4.29. The lowest BCUT2D eigenvalue weighted by Crippen LogP contribution is -2.58. The molecule has 1 aliphatic rings. The van der Waals surface area contributed by atoms with E-state index in [0.29, 0.717) is 11.3 Å². The normalized spacial score (nSPS) is 16.7. The molecule has 9 nitrogen and oxygen atoms in total. The van der Waals surface area contributed by atoms with Crippen molar-refractivity contribution in [2.24, 2.45) is 11.0 Å². The Morgan fingerprint density at radius 1 is 1.10 bits per heavy atom. The molecule has 0 unspecified atom stereocenters. The summed E-state index contributed by atoms with van der Waals surface area (Å²) in [6.07, 6.45) is 0.993. The van der Waals surface area contributed by atoms with E-state index in [1.165, 1.54) is 19.2 Å². The zero-order valence-electron chi connectivity index (χ0n) is 15.7. The first-order chi connectivity index (χ1) is 13.9. The van der Waals surface area contributed by atoms with E-state index in [0.717, 1.165) is 16.7 Å². The monoisotopic (exact) mass is 394 g/mol. The minimum absolute atomic E-state index is 0.267. The van der Waals surface area contributed by atoms with Crippen molar-refractivity contribution in [3.8, 4) is 5.75 Å². The number of anilines is 1. The number of hydrazone groups is 1. The van der Waals surface area contributed by atoms with Crippen LogP contribution in [-0.2, 0) is 9.59 Å². The molecule has 0 radical (unpaired) electrons. The van der Waals surface area contributed by atoms with Gasteiger partial charge in [0.25, 0.3) is 11.8 Å². The van der Waals surface area contributed by atoms with E-state index in [-0.39, 0.29) is 5.69 Å². The Bertz CT molecular complexity index is 983. The van der Waals surface area contributed by atoms with Gasteiger partial charge in [-0.15, -0.1) is 0 Å². The molecule has 2 aromatic rings. The van der Waals surface area contributed by atoms with Gasteiger partial charge in [0.1, 0.15) is 5.75 Å². The summed E-state index contributed by atoms with van der Waals surface area (Å²) in [6, 6.07) is 12.1. The molecule has 5 amide bonds. The minimum Gasteiger partial charge on any atom is -0.497 e. The predicted octanol–water partition coefficient (Wildman–Crippen LogP) is 1.62. The molecule has 2 N–H and O–H groups in total. The van der Waals surface area contributed by atoms with Gasteiger partial charge in [-0.1, -0.05) is 17.7 Å². The molecule has 1 saturated heterocycles. The Morgan fingerprint density at radius 3 is 2.38 bits per heavy atom. The highest BCUT2D eigenvalue weighted by atomic mass is 16.5. The fourth-order valence-electron chi connectivity index (χ4n) is 2.64. The minimum atomic E-state index is -1.37. The number of aryl methyl sites for hydroxylation is 1. The smallest absolute Gasteiger partial charge is 0.335 e. The first-order valence-corrected chi connectivity index (χ1v) is 8.63. The number of amides is 5. The molecule has 1 heterocycles. The average Bonchev–Trinajstić information content (AvgIpc) is 2.71. The Labute approximate surface area is 166 Å². The summed E-state index contributed by atoms with van der Waals surface area (Å²) in [5.41, 5.74) is 3.91. The number of imide groups is 2. The topological polar surface area (TPSA) is 117 Å². The number of carbonyl (C=O) groups is 4. The summed E-state index contributed by atoms with van der Waals surface area (Å²) in [5.74, 6) is -2.91. The van der Waals surface area contributed by atoms with Crippen molar-refractivity contribution in [1.29, 1.82) is 0 Å². The molecule has 1 fully saturated rings. The average molecular weight is 394 g/mol. The van der Waals surface area contributed by atoms with Crippen LogP contribution in [0.5, 0.6) is 5.75 Å². The van der Waals surface area contributed by atoms with Crippen LogP contribution in [0.4, 0.5) is 10.5 Å². The van der Waals surface area contributed by atoms with Crippen molar-refractivity contribution in [2.45, 2.75) is 6.92 Å². The molecule has 0 aliphatic carbocycles. The first-order valence-electron chi connectivity index (χ1n) is 8.63. The van der Waals surface area contributed by atoms with Crippen LogP contribution in [0.3, 0.4) is 0 Å². The van der Waals surface area contributed by atoms with Gasteiger partial charge in [0.05, 0.1) is 12.8 Å². The lowest BCUT2D eigenvalue weighted by Gasteiger charge is -2.28. The number of urea groups is 1. The highest BCUT2D eigenvalue weighted by molar-refractivity contribution is 6.32. The van der Waals surface area contributed by atoms with Crippen LogP contribution >= 0.6 is 0 Å². The molecule has 0 bridgehead atoms. The number of ether oxygens (including phenoxy) is 1. The molecule has 29 heavy (non-hydrogen) atoms. The van der Waals surface area contributed by atoms with Crippen molar-refractivity contribution >= 4 is 35.7 Å². The first kappa shape index (κ1) is 19.7. The third-order valence-electron chi connectivity index (χ3n) is 4.24. The van der Waals surface area contributed by atoms with Gasteiger partial charge in [-0.3, -0.25) is 19.7 Å². The Hall–Kier alpha value is -4.01. The number of nitrogens with zero attached hydrogens (tertiary/aromatic N) is 2. The number of rotatable bonds is 5. The lowest BCUT2D eigenvalue weighted by molar-refractivity contribution is -0.131. The van der Waals surface area contributed by atoms with Crippen LogP contribution in [0.15, 0.2) is 53.6 Å². The van der Waals surface area contributed by atoms with Crippen LogP contribution in [0.1, 0.15) is 15.9 Å². The Balaban J connectivity index is 1.73. The zero-order valence-corrected chi connectivity index (χ0v) is 15.7. The summed E-state index contributed by atoms with van der Waals surface area (Å²) in [5, 5.41) is 5.82. The molecule has 0 saturated carbocycles. The van der Waals surface area contributed by atoms with E-state index in [1.54, 1.807) is 36.4 Å². The molecular formula is C20H18N4O5. The van der Waals surface area contributed by atoms with Crippen molar-refractivity contribution in [3.05, 3.63) is 59.7 Å². The predicted molar refractivity (Wildman–Crippen MR) is 105 cm³/mol. The summed E-state index contributed by atoms with van der Waals surface area (Å²) in [7, 11) is 1.49. The number of nitrogens with one attached hydrogen (secondary N) is 2. The summed E-state index contributed by atoms with van der Waals surface area (Å²) < 4.78 is 5.05. The number of methoxy groups -OCH3 is 1. The van der Waals surface area contributed by atoms with E-state index in [9.17, 15) is 19.2 Å². The second kappa shape index (κ2) is 8.34. The quantitative estimate of drug-likeness (QED) is 0.454. The van der Waals surface area contributed by atoms with Crippen LogP contribution in [0.2, 0.25) is 0 Å². The number of carbonyl (C=O) groups excluding carboxylic acids is 4. The fraction of sp³-hybridized carbons (Fsp3) is 0.150. The second-order valence-electron chi connectivity index (χ2n) is 6.23. The fourth-order valence-corrected chi connectivity index (χ4v) is 2.64. The summed E-state index contributed by atoms with van der Waals surface area (Å²) in [4.78, 5) is 49.8. The zero-order chi connectivity index (χ0) is 21.0. The van der Waals surface area contributed by atoms with Crippen molar-refractivity contribution in [1.82, 2.24) is 10.7 Å². The van der Waals surface area contributed by atoms with Gasteiger partial charge in [-0.2, -0.15) is 5.10 Å². The molecule has 0 aromatic heterocycles. The van der Waals surface area contributed by atoms with Gasteiger partial charge in [-0.25, -0.2) is 15.1 Å². The van der Waals surface area contributed by atoms with Gasteiger partial charge < -0.3 is 4.74 Å². The van der Waals surface area contributed by atoms with Gasteiger partial charge in [0.15, 0.2) is 5.92 Å². The van der Waals surface area contributed by atoms with Crippen molar-refractivity contribution in [3.63, 3.8) is 0 Å². The highest BCUT2D eigenvalue weighted by Crippen LogP contribution is 2.23. The molecule has 0 spiro atoms. The van der Waals surface area contributed by atoms with E-state index in [1.807, 2.05) is 6.92 Å². The van der Waals surface area contributed by atoms with Crippen LogP contribution < -0.4 is 20.4 Å². The van der Waals surface area contributed by atoms with Crippen molar-refractivity contribution in [2.75, 3.05) is 12.0 Å². The molecule has 1 atom stereocenters. The van der Waals surface area contributed by atoms with Gasteiger partial charge in [0.2, 0.25) is 5.91 Å². The largest absolute Gasteiger partial charge is 0.497 e. The van der Waals surface area contributed by atoms with Gasteiger partial charge >= 0.3 is 6.03 Å². The molecular weight excluding hydrogens is 376 g/mol. The standard InChI is InChI=1S/C20H18N4O5/c1-12-3-5-13(6-4-12)17(25)23-21-11-16-18(26)22-20(28)24(19(16)27)14-7-9-15(29-2)10-8-14/h3-11,16H,1-2H3,(H,23,25)(H,22,26,28)/b21-11-/t16-/m0/s1. The number of hydrogen-bond acceptors (Lipinski definition) is 6. The van der Waals surface area contributed by atoms with E-state index in [2.05, 4.69) is 15.8 Å². The van der Waals surface area contributed by atoms with Crippen LogP contribution in [-0.4, -0.2) is 37.1 Å². The van der Waals surface area contributed by atoms with E-state index in [4.69, 9.17) is 4.74 Å². The summed E-state index contributed by atoms with van der Waals surface area (Å²) in [6.45, 7) is 1.89. The van der Waals surface area contributed by atoms with E-state index < -0.39 is 29.7 Å². The molecule has 2 aromatic carbocycles. The number of hydrogen-bond donors (Lipinski definition) is 2. The molecule has 3 rings (SSSR count).